The second-order valence-electron chi connectivity index (χ2n) is 7.88. The lowest BCUT2D eigenvalue weighted by Crippen LogP contribution is -2.14. The van der Waals surface area contributed by atoms with Crippen molar-refractivity contribution in [3.63, 3.8) is 0 Å². The maximum atomic E-state index is 13.9. The number of fused-ring (bicyclic) bond motifs is 1. The Labute approximate surface area is 191 Å². The van der Waals surface area contributed by atoms with Gasteiger partial charge in [0.15, 0.2) is 34.7 Å². The summed E-state index contributed by atoms with van der Waals surface area (Å²) in [6, 6.07) is 2.47. The van der Waals surface area contributed by atoms with E-state index >= 15 is 0 Å². The average Bonchev–Trinajstić information content (AvgIpc) is 3.45. The SMILES string of the molecule is O=C(Nc1ccn(Cc2c(F)c(F)c(F)c(F)c2F)n1)c1cnn2c(C(F)F)cc(C3CC3)nc12. The number of halogens is 7. The molecule has 35 heavy (non-hydrogen) atoms. The van der Waals surface area contributed by atoms with E-state index < -0.39 is 59.2 Å². The standard InChI is InChI=1S/C21H13F7N6O/c22-14-10(15(23)17(25)18(26)16(14)24)7-33-4-3-13(32-33)31-21(35)9-6-29-34-12(19(27)28)5-11(8-1-2-8)30-20(9)34/h3-6,8,19H,1-2,7H2,(H,31,32,35). The van der Waals surface area contributed by atoms with Gasteiger partial charge in [0.25, 0.3) is 12.3 Å². The number of hydrogen-bond acceptors (Lipinski definition) is 4. The second kappa shape index (κ2) is 8.36. The Balaban J connectivity index is 1.40. The van der Waals surface area contributed by atoms with Crippen LogP contribution in [0.4, 0.5) is 36.6 Å². The summed E-state index contributed by atoms with van der Waals surface area (Å²) in [4.78, 5) is 17.1. The van der Waals surface area contributed by atoms with Gasteiger partial charge in [0.05, 0.1) is 18.3 Å². The first kappa shape index (κ1) is 22.8. The molecule has 3 heterocycles. The lowest BCUT2D eigenvalue weighted by atomic mass is 10.1. The van der Waals surface area contributed by atoms with Crippen LogP contribution < -0.4 is 5.32 Å². The van der Waals surface area contributed by atoms with Crippen molar-refractivity contribution in [3.05, 3.63) is 76.1 Å². The molecule has 1 fully saturated rings. The van der Waals surface area contributed by atoms with E-state index in [4.69, 9.17) is 0 Å². The molecule has 7 nitrogen and oxygen atoms in total. The van der Waals surface area contributed by atoms with Gasteiger partial charge in [-0.3, -0.25) is 9.48 Å². The van der Waals surface area contributed by atoms with Crippen molar-refractivity contribution in [2.75, 3.05) is 5.32 Å². The third kappa shape index (κ3) is 3.98. The van der Waals surface area contributed by atoms with Crippen LogP contribution in [-0.2, 0) is 6.54 Å². The molecule has 1 N–H and O–H groups in total. The molecule has 14 heteroatoms. The molecule has 1 saturated carbocycles. The number of hydrogen-bond donors (Lipinski definition) is 1. The van der Waals surface area contributed by atoms with Crippen molar-refractivity contribution in [1.82, 2.24) is 24.4 Å². The molecule has 0 bridgehead atoms. The molecule has 5 rings (SSSR count). The number of alkyl halides is 2. The fourth-order valence-corrected chi connectivity index (χ4v) is 3.56. The second-order valence-corrected chi connectivity index (χ2v) is 7.88. The molecule has 182 valence electrons. The zero-order chi connectivity index (χ0) is 25.0. The predicted molar refractivity (Wildman–Crippen MR) is 105 cm³/mol. The number of benzene rings is 1. The summed E-state index contributed by atoms with van der Waals surface area (Å²) in [5, 5.41) is 10.0. The van der Waals surface area contributed by atoms with E-state index in [-0.39, 0.29) is 22.9 Å². The van der Waals surface area contributed by atoms with Crippen LogP contribution in [0.25, 0.3) is 5.65 Å². The third-order valence-corrected chi connectivity index (χ3v) is 5.49. The van der Waals surface area contributed by atoms with E-state index in [0.29, 0.717) is 5.69 Å². The highest BCUT2D eigenvalue weighted by molar-refractivity contribution is 6.07. The number of anilines is 1. The van der Waals surface area contributed by atoms with Gasteiger partial charge in [-0.15, -0.1) is 0 Å². The van der Waals surface area contributed by atoms with E-state index in [2.05, 4.69) is 20.5 Å². The summed E-state index contributed by atoms with van der Waals surface area (Å²) in [5.74, 6) is -11.4. The van der Waals surface area contributed by atoms with Crippen LogP contribution in [0.3, 0.4) is 0 Å². The summed E-state index contributed by atoms with van der Waals surface area (Å²) >= 11 is 0. The van der Waals surface area contributed by atoms with Crippen LogP contribution in [-0.4, -0.2) is 30.3 Å². The predicted octanol–water partition coefficient (Wildman–Crippen LogP) is 4.74. The summed E-state index contributed by atoms with van der Waals surface area (Å²) in [7, 11) is 0. The topological polar surface area (TPSA) is 77.1 Å². The molecular formula is C21H13F7N6O. The van der Waals surface area contributed by atoms with Gasteiger partial charge in [-0.05, 0) is 18.9 Å². The Morgan fingerprint density at radius 1 is 1.06 bits per heavy atom. The molecule has 1 aromatic carbocycles. The Hall–Kier alpha value is -3.97. The van der Waals surface area contributed by atoms with Gasteiger partial charge in [-0.1, -0.05) is 0 Å². The molecular weight excluding hydrogens is 485 g/mol. The number of carbonyl (C=O) groups excluding carboxylic acids is 1. The average molecular weight is 498 g/mol. The highest BCUT2D eigenvalue weighted by atomic mass is 19.3. The van der Waals surface area contributed by atoms with Crippen LogP contribution in [0.5, 0.6) is 0 Å². The Morgan fingerprint density at radius 3 is 2.34 bits per heavy atom. The van der Waals surface area contributed by atoms with Gasteiger partial charge in [0, 0.05) is 23.9 Å². The smallest absolute Gasteiger partial charge is 0.280 e. The first-order valence-electron chi connectivity index (χ1n) is 10.2. The van der Waals surface area contributed by atoms with Crippen molar-refractivity contribution in [1.29, 1.82) is 0 Å². The zero-order valence-corrected chi connectivity index (χ0v) is 17.4. The number of aromatic nitrogens is 5. The minimum Gasteiger partial charge on any atom is -0.305 e. The molecule has 0 radical (unpaired) electrons. The van der Waals surface area contributed by atoms with Gasteiger partial charge in [0.1, 0.15) is 11.3 Å². The van der Waals surface area contributed by atoms with Crippen molar-refractivity contribution in [2.45, 2.75) is 31.7 Å². The van der Waals surface area contributed by atoms with Crippen molar-refractivity contribution in [3.8, 4) is 0 Å². The molecule has 4 aromatic rings. The van der Waals surface area contributed by atoms with Gasteiger partial charge in [-0.25, -0.2) is 40.2 Å². The van der Waals surface area contributed by atoms with Crippen LogP contribution in [0.1, 0.15) is 52.5 Å². The first-order chi connectivity index (χ1) is 16.7. The van der Waals surface area contributed by atoms with Gasteiger partial charge >= 0.3 is 0 Å². The molecule has 1 aliphatic carbocycles. The zero-order valence-electron chi connectivity index (χ0n) is 17.4. The van der Waals surface area contributed by atoms with Crippen molar-refractivity contribution >= 4 is 17.4 Å². The molecule has 1 amide bonds. The number of amides is 1. The van der Waals surface area contributed by atoms with E-state index in [0.717, 1.165) is 34.4 Å². The largest absolute Gasteiger partial charge is 0.305 e. The normalized spacial score (nSPS) is 13.7. The highest BCUT2D eigenvalue weighted by Gasteiger charge is 2.29. The molecule has 0 aliphatic heterocycles. The molecule has 0 unspecified atom stereocenters. The van der Waals surface area contributed by atoms with E-state index in [9.17, 15) is 35.5 Å². The van der Waals surface area contributed by atoms with Crippen LogP contribution in [0.15, 0.2) is 24.5 Å². The first-order valence-corrected chi connectivity index (χ1v) is 10.2. The number of nitrogens with one attached hydrogen (secondary N) is 1. The molecule has 0 atom stereocenters. The maximum absolute atomic E-state index is 13.9. The lowest BCUT2D eigenvalue weighted by molar-refractivity contribution is 0.102. The molecule has 1 aliphatic rings. The third-order valence-electron chi connectivity index (χ3n) is 5.49. The van der Waals surface area contributed by atoms with E-state index in [1.165, 1.54) is 12.1 Å². The number of carbonyl (C=O) groups is 1. The fourth-order valence-electron chi connectivity index (χ4n) is 3.56. The summed E-state index contributed by atoms with van der Waals surface area (Å²) < 4.78 is 96.6. The summed E-state index contributed by atoms with van der Waals surface area (Å²) in [5.41, 5.74) is -1.30. The number of rotatable bonds is 6. The van der Waals surface area contributed by atoms with Crippen LogP contribution in [0, 0.1) is 29.1 Å². The molecule has 3 aromatic heterocycles. The fraction of sp³-hybridized carbons (Fsp3) is 0.238. The monoisotopic (exact) mass is 498 g/mol. The van der Waals surface area contributed by atoms with Crippen molar-refractivity contribution in [2.24, 2.45) is 0 Å². The van der Waals surface area contributed by atoms with E-state index in [1.54, 1.807) is 0 Å². The minimum absolute atomic E-state index is 0.0286. The Morgan fingerprint density at radius 2 is 1.71 bits per heavy atom. The molecule has 0 saturated heterocycles. The quantitative estimate of drug-likeness (QED) is 0.237. The number of nitrogens with zero attached hydrogens (tertiary/aromatic N) is 5. The van der Waals surface area contributed by atoms with Gasteiger partial charge in [-0.2, -0.15) is 10.2 Å². The van der Waals surface area contributed by atoms with Crippen LogP contribution in [0.2, 0.25) is 0 Å². The van der Waals surface area contributed by atoms with E-state index in [1.807, 2.05) is 0 Å². The highest BCUT2D eigenvalue weighted by Crippen LogP contribution is 2.40. The lowest BCUT2D eigenvalue weighted by Gasteiger charge is -2.08. The summed E-state index contributed by atoms with van der Waals surface area (Å²) in [6.45, 7) is -0.817. The Kier molecular flexibility index (Phi) is 5.44. The van der Waals surface area contributed by atoms with Gasteiger partial charge in [0.2, 0.25) is 5.82 Å². The summed E-state index contributed by atoms with van der Waals surface area (Å²) in [6.07, 6.45) is 0.935. The Bertz CT molecular complexity index is 1450. The van der Waals surface area contributed by atoms with Gasteiger partial charge < -0.3 is 5.32 Å². The maximum Gasteiger partial charge on any atom is 0.280 e. The van der Waals surface area contributed by atoms with Crippen LogP contribution >= 0.6 is 0 Å². The van der Waals surface area contributed by atoms with Crippen molar-refractivity contribution < 1.29 is 35.5 Å². The minimum atomic E-state index is -2.86. The molecule has 0 spiro atoms.